The minimum absolute atomic E-state index is 0.0777. The highest BCUT2D eigenvalue weighted by Crippen LogP contribution is 2.32. The van der Waals surface area contributed by atoms with Crippen LogP contribution in [0.3, 0.4) is 0 Å². The smallest absolute Gasteiger partial charge is 0.269 e. The van der Waals surface area contributed by atoms with Crippen LogP contribution in [-0.4, -0.2) is 25.8 Å². The van der Waals surface area contributed by atoms with Crippen LogP contribution in [0.15, 0.2) is 77.7 Å². The molecule has 9 heteroatoms. The molecule has 0 spiro atoms. The maximum Gasteiger partial charge on any atom is 0.269 e. The maximum absolute atomic E-state index is 13.0. The number of amides is 1. The van der Waals surface area contributed by atoms with Crippen LogP contribution in [0, 0.1) is 10.1 Å². The lowest BCUT2D eigenvalue weighted by Gasteiger charge is -2.19. The standard InChI is InChI=1S/C21H17N3O5S/c25-21(22-17-7-9-18(10-8-17)24(26)27)16-5-11-19(12-6-16)30(28,29)23-14-13-15-3-1-2-4-20(15)23/h1-12H,13-14H2,(H,22,25). The molecule has 152 valence electrons. The van der Waals surface area contributed by atoms with Crippen LogP contribution in [-0.2, 0) is 16.4 Å². The van der Waals surface area contributed by atoms with Gasteiger partial charge >= 0.3 is 0 Å². The molecule has 1 N–H and O–H groups in total. The summed E-state index contributed by atoms with van der Waals surface area (Å²) in [5.41, 5.74) is 2.26. The van der Waals surface area contributed by atoms with E-state index >= 15 is 0 Å². The van der Waals surface area contributed by atoms with Crippen molar-refractivity contribution in [1.29, 1.82) is 0 Å². The van der Waals surface area contributed by atoms with E-state index in [1.165, 1.54) is 52.8 Å². The molecular weight excluding hydrogens is 406 g/mol. The molecule has 0 fully saturated rings. The second-order valence-electron chi connectivity index (χ2n) is 6.74. The van der Waals surface area contributed by atoms with E-state index in [9.17, 15) is 23.3 Å². The van der Waals surface area contributed by atoms with Crippen molar-refractivity contribution in [3.8, 4) is 0 Å². The summed E-state index contributed by atoms with van der Waals surface area (Å²) in [5.74, 6) is -0.445. The normalized spacial score (nSPS) is 13.0. The molecule has 0 bridgehead atoms. The van der Waals surface area contributed by atoms with Gasteiger partial charge < -0.3 is 5.32 Å². The van der Waals surface area contributed by atoms with Gasteiger partial charge in [0.25, 0.3) is 21.6 Å². The van der Waals surface area contributed by atoms with E-state index in [1.807, 2.05) is 12.1 Å². The zero-order valence-electron chi connectivity index (χ0n) is 15.7. The molecule has 3 aromatic rings. The number of rotatable bonds is 5. The van der Waals surface area contributed by atoms with Crippen LogP contribution in [0.1, 0.15) is 15.9 Å². The first-order valence-electron chi connectivity index (χ1n) is 9.13. The van der Waals surface area contributed by atoms with E-state index in [0.717, 1.165) is 5.56 Å². The molecule has 0 aromatic heterocycles. The maximum atomic E-state index is 13.0. The van der Waals surface area contributed by atoms with Crippen molar-refractivity contribution in [1.82, 2.24) is 0 Å². The number of sulfonamides is 1. The molecule has 1 aliphatic heterocycles. The summed E-state index contributed by atoms with van der Waals surface area (Å²) < 4.78 is 27.4. The molecule has 0 radical (unpaired) electrons. The van der Waals surface area contributed by atoms with Crippen LogP contribution in [0.4, 0.5) is 17.1 Å². The fourth-order valence-electron chi connectivity index (χ4n) is 3.33. The Labute approximate surface area is 173 Å². The highest BCUT2D eigenvalue weighted by atomic mass is 32.2. The first-order valence-corrected chi connectivity index (χ1v) is 10.6. The number of non-ortho nitro benzene ring substituents is 1. The summed E-state index contributed by atoms with van der Waals surface area (Å²) >= 11 is 0. The monoisotopic (exact) mass is 423 g/mol. The van der Waals surface area contributed by atoms with Crippen LogP contribution in [0.5, 0.6) is 0 Å². The third kappa shape index (κ3) is 3.62. The summed E-state index contributed by atoms with van der Waals surface area (Å²) in [6.07, 6.45) is 0.658. The molecule has 1 amide bonds. The molecular formula is C21H17N3O5S. The molecule has 3 aromatic carbocycles. The minimum Gasteiger partial charge on any atom is -0.322 e. The van der Waals surface area contributed by atoms with E-state index in [-0.39, 0.29) is 16.1 Å². The Kier molecular flexibility index (Phi) is 4.96. The van der Waals surface area contributed by atoms with Gasteiger partial charge in [0.05, 0.1) is 15.5 Å². The number of nitro groups is 1. The van der Waals surface area contributed by atoms with Crippen molar-refractivity contribution in [3.05, 3.63) is 94.0 Å². The van der Waals surface area contributed by atoms with Gasteiger partial charge in [0.2, 0.25) is 0 Å². The Bertz CT molecular complexity index is 1220. The predicted octanol–water partition coefficient (Wildman–Crippen LogP) is 3.60. The highest BCUT2D eigenvalue weighted by Gasteiger charge is 2.30. The van der Waals surface area contributed by atoms with E-state index in [0.29, 0.717) is 24.3 Å². The highest BCUT2D eigenvalue weighted by molar-refractivity contribution is 7.92. The molecule has 0 aliphatic carbocycles. The van der Waals surface area contributed by atoms with E-state index < -0.39 is 20.9 Å². The Morgan fingerprint density at radius 3 is 2.30 bits per heavy atom. The fraction of sp³-hybridized carbons (Fsp3) is 0.0952. The number of hydrogen-bond acceptors (Lipinski definition) is 5. The average molecular weight is 423 g/mol. The molecule has 1 heterocycles. The molecule has 0 unspecified atom stereocenters. The fourth-order valence-corrected chi connectivity index (χ4v) is 4.84. The molecule has 30 heavy (non-hydrogen) atoms. The number of anilines is 2. The van der Waals surface area contributed by atoms with Gasteiger partial charge in [0.15, 0.2) is 0 Å². The van der Waals surface area contributed by atoms with Crippen molar-refractivity contribution in [2.45, 2.75) is 11.3 Å². The zero-order valence-corrected chi connectivity index (χ0v) is 16.5. The molecule has 8 nitrogen and oxygen atoms in total. The van der Waals surface area contributed by atoms with Gasteiger partial charge in [-0.15, -0.1) is 0 Å². The third-order valence-corrected chi connectivity index (χ3v) is 6.71. The lowest BCUT2D eigenvalue weighted by molar-refractivity contribution is -0.384. The van der Waals surface area contributed by atoms with Gasteiger partial charge in [-0.3, -0.25) is 19.2 Å². The Morgan fingerprint density at radius 2 is 1.63 bits per heavy atom. The zero-order chi connectivity index (χ0) is 21.3. The van der Waals surface area contributed by atoms with Crippen LogP contribution in [0.25, 0.3) is 0 Å². The van der Waals surface area contributed by atoms with Crippen LogP contribution in [0.2, 0.25) is 0 Å². The second kappa shape index (κ2) is 7.60. The van der Waals surface area contributed by atoms with Crippen molar-refractivity contribution in [3.63, 3.8) is 0 Å². The summed E-state index contributed by atoms with van der Waals surface area (Å²) in [6.45, 7) is 0.379. The lowest BCUT2D eigenvalue weighted by atomic mass is 10.2. The molecule has 0 saturated carbocycles. The third-order valence-electron chi connectivity index (χ3n) is 4.89. The van der Waals surface area contributed by atoms with Gasteiger partial charge in [-0.1, -0.05) is 18.2 Å². The van der Waals surface area contributed by atoms with Crippen molar-refractivity contribution in [2.24, 2.45) is 0 Å². The second-order valence-corrected chi connectivity index (χ2v) is 8.60. The number of nitrogens with zero attached hydrogens (tertiary/aromatic N) is 2. The van der Waals surface area contributed by atoms with Crippen molar-refractivity contribution in [2.75, 3.05) is 16.2 Å². The van der Waals surface area contributed by atoms with Crippen molar-refractivity contribution < 1.29 is 18.1 Å². The quantitative estimate of drug-likeness (QED) is 0.498. The van der Waals surface area contributed by atoms with Gasteiger partial charge in [-0.25, -0.2) is 8.42 Å². The first kappa shape index (κ1) is 19.6. The topological polar surface area (TPSA) is 110 Å². The Morgan fingerprint density at radius 1 is 0.967 bits per heavy atom. The number of nitrogens with one attached hydrogen (secondary N) is 1. The molecule has 4 rings (SSSR count). The lowest BCUT2D eigenvalue weighted by Crippen LogP contribution is -2.29. The van der Waals surface area contributed by atoms with Crippen molar-refractivity contribution >= 4 is 33.0 Å². The predicted molar refractivity (Wildman–Crippen MR) is 112 cm³/mol. The van der Waals surface area contributed by atoms with Crippen LogP contribution >= 0.6 is 0 Å². The number of para-hydroxylation sites is 1. The number of fused-ring (bicyclic) bond motifs is 1. The number of carbonyl (C=O) groups is 1. The number of hydrogen-bond donors (Lipinski definition) is 1. The molecule has 0 atom stereocenters. The van der Waals surface area contributed by atoms with Gasteiger partial charge in [-0.05, 0) is 54.4 Å². The van der Waals surface area contributed by atoms with Crippen LogP contribution < -0.4 is 9.62 Å². The summed E-state index contributed by atoms with van der Waals surface area (Å²) in [4.78, 5) is 22.7. The Balaban J connectivity index is 1.51. The number of nitro benzene ring substituents is 1. The largest absolute Gasteiger partial charge is 0.322 e. The average Bonchev–Trinajstić information content (AvgIpc) is 3.19. The number of carbonyl (C=O) groups excluding carboxylic acids is 1. The molecule has 1 aliphatic rings. The van der Waals surface area contributed by atoms with E-state index in [1.54, 1.807) is 12.1 Å². The van der Waals surface area contributed by atoms with E-state index in [4.69, 9.17) is 0 Å². The van der Waals surface area contributed by atoms with E-state index in [2.05, 4.69) is 5.32 Å². The molecule has 0 saturated heterocycles. The summed E-state index contributed by atoms with van der Waals surface area (Å²) in [5, 5.41) is 13.3. The van der Waals surface area contributed by atoms with Gasteiger partial charge in [0.1, 0.15) is 0 Å². The minimum atomic E-state index is -3.73. The Hall–Kier alpha value is -3.72. The van der Waals surface area contributed by atoms with Gasteiger partial charge in [0, 0.05) is 29.9 Å². The summed E-state index contributed by atoms with van der Waals surface area (Å²) in [6, 6.07) is 18.5. The number of benzene rings is 3. The van der Waals surface area contributed by atoms with Gasteiger partial charge in [-0.2, -0.15) is 0 Å². The first-order chi connectivity index (χ1) is 14.4. The SMILES string of the molecule is O=C(Nc1ccc([N+](=O)[O-])cc1)c1ccc(S(=O)(=O)N2CCc3ccccc32)cc1. The summed E-state index contributed by atoms with van der Waals surface area (Å²) in [7, 11) is -3.73.